The van der Waals surface area contributed by atoms with E-state index in [1.165, 1.54) is 128 Å². The number of hydrogen-bond acceptors (Lipinski definition) is 18. The molecule has 0 aliphatic carbocycles. The van der Waals surface area contributed by atoms with Gasteiger partial charge in [0.1, 0.15) is 38.4 Å². The summed E-state index contributed by atoms with van der Waals surface area (Å²) in [7, 11) is 3.41. The maximum absolute atomic E-state index is 13.0. The zero-order chi connectivity index (χ0) is 71.0. The molecular weight excluding hydrogens is 1550 g/mol. The Labute approximate surface area is 623 Å². The van der Waals surface area contributed by atoms with E-state index in [4.69, 9.17) is 30.2 Å². The molecule has 3 aromatic heterocycles. The van der Waals surface area contributed by atoms with E-state index in [0.717, 1.165) is 32.1 Å². The van der Waals surface area contributed by atoms with Crippen LogP contribution in [0.15, 0.2) is 110 Å². The zero-order valence-corrected chi connectivity index (χ0v) is 66.6. The van der Waals surface area contributed by atoms with Gasteiger partial charge in [0.15, 0.2) is 0 Å². The second-order valence-corrected chi connectivity index (χ2v) is 39.2. The van der Waals surface area contributed by atoms with Crippen LogP contribution in [0.3, 0.4) is 0 Å². The number of sulfonamides is 1. The molecule has 2 fully saturated rings. The minimum Gasteiger partial charge on any atom is -0.760 e. The maximum Gasteiger partial charge on any atom is 0.356 e. The second-order valence-electron chi connectivity index (χ2n) is 20.9. The Balaban J connectivity index is -0.00000104. The molecule has 0 spiro atoms. The molecule has 20 nitrogen and oxygen atoms in total. The van der Waals surface area contributed by atoms with Crippen molar-refractivity contribution >= 4 is 129 Å². The predicted octanol–water partition coefficient (Wildman–Crippen LogP) is 15.5. The van der Waals surface area contributed by atoms with Crippen molar-refractivity contribution in [1.29, 1.82) is 0 Å². The van der Waals surface area contributed by atoms with Gasteiger partial charge in [0.2, 0.25) is 10.0 Å². The largest absolute Gasteiger partial charge is 0.760 e. The first-order valence-electron chi connectivity index (χ1n) is 31.3. The van der Waals surface area contributed by atoms with Crippen LogP contribution in [0.2, 0.25) is 18.3 Å². The fourth-order valence-corrected chi connectivity index (χ4v) is 25.1. The Bertz CT molecular complexity index is 2900. The molecule has 1 aromatic carbocycles. The second kappa shape index (κ2) is 56.9. The number of methoxy groups -OCH3 is 4. The first kappa shape index (κ1) is 95.2. The van der Waals surface area contributed by atoms with E-state index in [1.54, 1.807) is 67.9 Å². The van der Waals surface area contributed by atoms with Crippen molar-refractivity contribution in [1.82, 2.24) is 29.5 Å². The number of carbonyl (C=O) groups is 5. The van der Waals surface area contributed by atoms with Crippen molar-refractivity contribution in [2.24, 2.45) is 0 Å². The number of hydrogen-bond donors (Lipinski definition) is 2. The Kier molecular flexibility index (Phi) is 57.6. The van der Waals surface area contributed by atoms with Gasteiger partial charge in [0, 0.05) is 65.1 Å². The molecule has 1 unspecified atom stereocenters. The van der Waals surface area contributed by atoms with Crippen LogP contribution in [0.1, 0.15) is 182 Å². The average Bonchev–Trinajstić information content (AvgIpc) is 0.773. The zero-order valence-electron chi connectivity index (χ0n) is 56.7. The summed E-state index contributed by atoms with van der Waals surface area (Å²) in [6.07, 6.45) is 17.1. The molecule has 0 saturated carbocycles. The number of benzene rings is 1. The minimum absolute atomic E-state index is 0. The number of nitrogens with zero attached hydrogens (tertiary/aromatic N) is 5. The summed E-state index contributed by atoms with van der Waals surface area (Å²) in [4.78, 5) is 69.3. The molecule has 6 rings (SSSR count). The van der Waals surface area contributed by atoms with Crippen molar-refractivity contribution in [2.45, 2.75) is 188 Å². The van der Waals surface area contributed by atoms with Gasteiger partial charge in [-0.15, -0.1) is 0 Å². The van der Waals surface area contributed by atoms with Crippen LogP contribution in [-0.4, -0.2) is 167 Å². The molecule has 2 aliphatic rings. The maximum atomic E-state index is 13.0. The first-order chi connectivity index (χ1) is 44.2. The third-order valence-corrected chi connectivity index (χ3v) is 31.9. The molecule has 2 N–H and O–H groups in total. The van der Waals surface area contributed by atoms with Crippen molar-refractivity contribution in [2.75, 3.05) is 48.1 Å². The number of halogens is 4. The van der Waals surface area contributed by atoms with E-state index < -0.39 is 68.6 Å². The Morgan fingerprint density at radius 1 is 0.691 bits per heavy atom. The smallest absolute Gasteiger partial charge is 0.356 e. The van der Waals surface area contributed by atoms with Gasteiger partial charge in [-0.25, -0.2) is 37.8 Å². The number of piperidine rings is 2. The predicted molar refractivity (Wildman–Crippen MR) is 382 cm³/mol. The number of esters is 4. The van der Waals surface area contributed by atoms with Crippen LogP contribution in [-0.2, 0) is 48.9 Å². The number of aromatic nitrogens is 3. The molecule has 0 amide bonds. The van der Waals surface area contributed by atoms with E-state index in [2.05, 4.69) is 148 Å². The number of ether oxygens (including phenoxy) is 4. The summed E-state index contributed by atoms with van der Waals surface area (Å²) in [5.41, 5.74) is 1.32. The average molecular weight is 1660 g/mol. The molecule has 5 atom stereocenters. The van der Waals surface area contributed by atoms with Gasteiger partial charge in [0.05, 0.1) is 39.0 Å². The Morgan fingerprint density at radius 2 is 1.14 bits per heavy atom. The van der Waals surface area contributed by atoms with Gasteiger partial charge >= 0.3 is 132 Å². The molecule has 94 heavy (non-hydrogen) atoms. The van der Waals surface area contributed by atoms with Gasteiger partial charge in [-0.1, -0.05) is 71.0 Å². The fourth-order valence-electron chi connectivity index (χ4n) is 9.44. The molecule has 0 radical (unpaired) electrons. The van der Waals surface area contributed by atoms with E-state index in [1.807, 2.05) is 6.92 Å². The summed E-state index contributed by atoms with van der Waals surface area (Å²) < 4.78 is 71.6. The van der Waals surface area contributed by atoms with E-state index in [0.29, 0.717) is 50.2 Å². The summed E-state index contributed by atoms with van der Waals surface area (Å²) in [6.45, 7) is 28.9. The van der Waals surface area contributed by atoms with E-state index in [9.17, 15) is 32.4 Å². The fraction of sp³-hybridized carbons (Fsp3) is 0.545. The summed E-state index contributed by atoms with van der Waals surface area (Å²) >= 11 is 10.2. The van der Waals surface area contributed by atoms with Crippen LogP contribution in [0.5, 0.6) is 0 Å². The molecule has 532 valence electrons. The van der Waals surface area contributed by atoms with Crippen molar-refractivity contribution in [3.63, 3.8) is 0 Å². The van der Waals surface area contributed by atoms with E-state index in [-0.39, 0.29) is 66.4 Å². The van der Waals surface area contributed by atoms with Crippen LogP contribution >= 0.6 is 54.1 Å². The molecule has 5 heterocycles. The number of pyridine rings is 3. The van der Waals surface area contributed by atoms with Gasteiger partial charge in [-0.3, -0.25) is 13.8 Å². The number of carboxylic acid groups (broad SMARTS) is 1. The SMILES string of the molecule is C=Cc1cccc(C(=O)OC)n1.C=[CH][Sn]([CH2]CCC)([CH2]CCC)[CH2]CCC.CCN(CC)CC.CC[C@H]1CCC[C@@H](C(=O)OC)N1.CC[C@H]1CCC[C@@H](C(=O)OC)N1S(=O)(=O)c1ccc(Cl)cc1.COC(=O)c1cccc(Br)n1.O=C(O)c1cccc(Br)n1.O=S([O-])Cl.[Ar]. The summed E-state index contributed by atoms with van der Waals surface area (Å²) in [6, 6.07) is 20.4. The van der Waals surface area contributed by atoms with Crippen molar-refractivity contribution in [3.8, 4) is 0 Å². The van der Waals surface area contributed by atoms with Gasteiger partial charge in [0.25, 0.3) is 0 Å². The molecular formula is C66H101ArBr2Cl2N6O14S2Sn-. The molecule has 0 bridgehead atoms. The standard InChI is InChI=1S/C15H20ClNO4S.C9H17NO2.C9H9NO2.C7H6BrNO2.C6H4BrNO2.C6H15N.3C4H9.C2H3.Ar.ClHO2S.Sn/c1-3-12-5-4-6-14(15(18)21-2)17(12)22(19,20)13-9-7-11(16)8-10-13;2*1-3-7-5-4-6-8(10-7)9(11)12-2;1-11-7(10)5-3-2-4-6(8)9-5;7-5-3-1-2-4(8-5)6(9)10;1-4-7(5-2)6-3;3*1-3-4-2;1-2;;1-4(2)3;/h7-10,12,14H,3-6H2,1-2H3;7-8,10H,3-6H2,1-2H3;3-6H,1H2,2H3;2-4H,1H3;1-3H,(H,9,10);4-6H2,1-3H3;3*1,3-4H2,2H3;1H,2H2;;(H,2,3);/p-1/t12-,14-;7-,8-;;;;;;;;;;;/m00.........../s1. The third kappa shape index (κ3) is 40.2. The normalized spacial score (nSPS) is 15.8. The quantitative estimate of drug-likeness (QED) is 0.0174. The minimum atomic E-state index is -3.77. The van der Waals surface area contributed by atoms with E-state index >= 15 is 0 Å². The van der Waals surface area contributed by atoms with Crippen LogP contribution in [0.25, 0.3) is 6.08 Å². The van der Waals surface area contributed by atoms with Crippen molar-refractivity contribution in [3.05, 3.63) is 133 Å². The van der Waals surface area contributed by atoms with Crippen LogP contribution in [0.4, 0.5) is 0 Å². The number of aromatic carboxylic acids is 1. The summed E-state index contributed by atoms with van der Waals surface area (Å²) in [5.74, 6) is -2.49. The summed E-state index contributed by atoms with van der Waals surface area (Å²) in [5, 5.41) is 12.2. The van der Waals surface area contributed by atoms with Gasteiger partial charge in [-0.2, -0.15) is 4.31 Å². The number of unbranched alkanes of at least 4 members (excludes halogenated alkanes) is 3. The van der Waals surface area contributed by atoms with Gasteiger partial charge in [-0.05, 0) is 180 Å². The molecule has 2 saturated heterocycles. The van der Waals surface area contributed by atoms with Crippen molar-refractivity contribution < 1.29 is 103 Å². The number of rotatable bonds is 23. The van der Waals surface area contributed by atoms with Crippen LogP contribution < -0.4 is 5.32 Å². The number of carbonyl (C=O) groups excluding carboxylic acids is 4. The Hall–Kier alpha value is -2.96. The molecule has 4 aromatic rings. The Morgan fingerprint density at radius 3 is 1.51 bits per heavy atom. The monoisotopic (exact) mass is 1650 g/mol. The number of nitrogens with one attached hydrogen (secondary N) is 1. The third-order valence-electron chi connectivity index (χ3n) is 14.8. The molecule has 2 aliphatic heterocycles. The molecule has 28 heteroatoms. The van der Waals surface area contributed by atoms with Gasteiger partial charge < -0.3 is 38.8 Å². The number of carboxylic acids is 1. The topological polar surface area (TPSA) is 274 Å². The first-order valence-corrected chi connectivity index (χ1v) is 44.3. The van der Waals surface area contributed by atoms with Crippen LogP contribution in [0, 0.1) is 37.7 Å².